The van der Waals surface area contributed by atoms with E-state index in [9.17, 15) is 25.2 Å². The first-order valence-electron chi connectivity index (χ1n) is 6.53. The standard InChI is InChI=1S/C16H12O7/c1-22-15-11(18)9-10(17)8(7-5-3-2-4-6-7)16(21)23-14(9)12(19)13(15)20/h2-6,17-20H,1H3. The zero-order chi connectivity index (χ0) is 16.7. The third kappa shape index (κ3) is 2.02. The quantitative estimate of drug-likeness (QED) is 0.325. The zero-order valence-corrected chi connectivity index (χ0v) is 11.9. The van der Waals surface area contributed by atoms with Crippen LogP contribution in [0, 0.1) is 0 Å². The smallest absolute Gasteiger partial charge is 0.348 e. The molecule has 0 spiro atoms. The van der Waals surface area contributed by atoms with Crippen molar-refractivity contribution >= 4 is 11.0 Å². The summed E-state index contributed by atoms with van der Waals surface area (Å²) < 4.78 is 9.78. The van der Waals surface area contributed by atoms with Gasteiger partial charge in [-0.1, -0.05) is 30.3 Å². The Kier molecular flexibility index (Phi) is 3.25. The van der Waals surface area contributed by atoms with Gasteiger partial charge in [0.05, 0.1) is 7.11 Å². The van der Waals surface area contributed by atoms with Gasteiger partial charge in [0.1, 0.15) is 16.7 Å². The Hall–Kier alpha value is -3.35. The Morgan fingerprint density at radius 2 is 1.57 bits per heavy atom. The minimum atomic E-state index is -0.930. The summed E-state index contributed by atoms with van der Waals surface area (Å²) in [5.41, 5.74) is -1.28. The van der Waals surface area contributed by atoms with E-state index in [2.05, 4.69) is 0 Å². The highest BCUT2D eigenvalue weighted by molar-refractivity contribution is 6.01. The molecule has 3 rings (SSSR count). The number of benzene rings is 2. The summed E-state index contributed by atoms with van der Waals surface area (Å²) in [4.78, 5) is 12.2. The third-order valence-corrected chi connectivity index (χ3v) is 3.47. The highest BCUT2D eigenvalue weighted by Crippen LogP contribution is 2.52. The van der Waals surface area contributed by atoms with E-state index in [1.165, 1.54) is 0 Å². The summed E-state index contributed by atoms with van der Waals surface area (Å²) >= 11 is 0. The lowest BCUT2D eigenvalue weighted by Crippen LogP contribution is -2.04. The first kappa shape index (κ1) is 14.6. The van der Waals surface area contributed by atoms with Crippen LogP contribution in [-0.2, 0) is 0 Å². The first-order chi connectivity index (χ1) is 11.0. The zero-order valence-electron chi connectivity index (χ0n) is 11.9. The molecule has 0 unspecified atom stereocenters. The Morgan fingerprint density at radius 1 is 0.913 bits per heavy atom. The van der Waals surface area contributed by atoms with E-state index in [-0.39, 0.29) is 10.9 Å². The molecule has 0 aliphatic rings. The number of ether oxygens (including phenoxy) is 1. The van der Waals surface area contributed by atoms with Crippen molar-refractivity contribution < 1.29 is 29.6 Å². The molecule has 4 N–H and O–H groups in total. The van der Waals surface area contributed by atoms with Crippen LogP contribution in [0.15, 0.2) is 39.5 Å². The van der Waals surface area contributed by atoms with Crippen LogP contribution in [0.2, 0.25) is 0 Å². The van der Waals surface area contributed by atoms with Crippen LogP contribution < -0.4 is 10.4 Å². The lowest BCUT2D eigenvalue weighted by molar-refractivity contribution is 0.329. The summed E-state index contributed by atoms with van der Waals surface area (Å²) in [5, 5.41) is 40.0. The van der Waals surface area contributed by atoms with Crippen molar-refractivity contribution in [1.82, 2.24) is 0 Å². The molecule has 3 aromatic rings. The van der Waals surface area contributed by atoms with Crippen LogP contribution in [-0.4, -0.2) is 27.5 Å². The number of fused-ring (bicyclic) bond motifs is 1. The minimum Gasteiger partial charge on any atom is -0.506 e. The lowest BCUT2D eigenvalue weighted by atomic mass is 10.0. The van der Waals surface area contributed by atoms with Gasteiger partial charge in [0, 0.05) is 0 Å². The lowest BCUT2D eigenvalue weighted by Gasteiger charge is -2.13. The molecular formula is C16H12O7. The normalized spacial score (nSPS) is 10.8. The van der Waals surface area contributed by atoms with Crippen LogP contribution >= 0.6 is 0 Å². The molecule has 0 saturated carbocycles. The Labute approximate surface area is 129 Å². The van der Waals surface area contributed by atoms with Crippen molar-refractivity contribution in [2.24, 2.45) is 0 Å². The van der Waals surface area contributed by atoms with E-state index in [4.69, 9.17) is 9.15 Å². The second kappa shape index (κ2) is 5.13. The van der Waals surface area contributed by atoms with Crippen molar-refractivity contribution in [2.75, 3.05) is 7.11 Å². The second-order valence-electron chi connectivity index (χ2n) is 4.76. The predicted molar refractivity (Wildman–Crippen MR) is 81.1 cm³/mol. The molecular weight excluding hydrogens is 304 g/mol. The van der Waals surface area contributed by atoms with E-state index in [0.29, 0.717) is 5.56 Å². The number of phenols is 3. The van der Waals surface area contributed by atoms with E-state index >= 15 is 0 Å². The maximum atomic E-state index is 12.2. The summed E-state index contributed by atoms with van der Waals surface area (Å²) in [7, 11) is 1.16. The Bertz CT molecular complexity index is 958. The molecule has 23 heavy (non-hydrogen) atoms. The van der Waals surface area contributed by atoms with Gasteiger partial charge in [0.25, 0.3) is 0 Å². The van der Waals surface area contributed by atoms with Gasteiger partial charge in [0.2, 0.25) is 17.2 Å². The average Bonchev–Trinajstić information content (AvgIpc) is 2.54. The summed E-state index contributed by atoms with van der Waals surface area (Å²) in [5.74, 6) is -3.31. The summed E-state index contributed by atoms with van der Waals surface area (Å²) in [6, 6.07) is 8.20. The number of methoxy groups -OCH3 is 1. The van der Waals surface area contributed by atoms with Crippen molar-refractivity contribution in [3.63, 3.8) is 0 Å². The van der Waals surface area contributed by atoms with Gasteiger partial charge in [-0.15, -0.1) is 0 Å². The molecule has 0 atom stereocenters. The largest absolute Gasteiger partial charge is 0.506 e. The maximum absolute atomic E-state index is 12.2. The molecule has 1 aromatic heterocycles. The van der Waals surface area contributed by atoms with Crippen molar-refractivity contribution in [2.45, 2.75) is 0 Å². The maximum Gasteiger partial charge on any atom is 0.348 e. The molecule has 0 radical (unpaired) electrons. The third-order valence-electron chi connectivity index (χ3n) is 3.47. The highest BCUT2D eigenvalue weighted by Gasteiger charge is 2.27. The van der Waals surface area contributed by atoms with E-state index in [1.807, 2.05) is 0 Å². The number of hydrogen-bond acceptors (Lipinski definition) is 7. The van der Waals surface area contributed by atoms with Crippen LogP contribution in [0.1, 0.15) is 0 Å². The molecule has 0 amide bonds. The number of hydrogen-bond donors (Lipinski definition) is 4. The topological polar surface area (TPSA) is 120 Å². The van der Waals surface area contributed by atoms with Gasteiger partial charge < -0.3 is 29.6 Å². The van der Waals surface area contributed by atoms with Gasteiger partial charge in [-0.2, -0.15) is 0 Å². The summed E-state index contributed by atoms with van der Waals surface area (Å²) in [6.07, 6.45) is 0. The fourth-order valence-corrected chi connectivity index (χ4v) is 2.40. The average molecular weight is 316 g/mol. The van der Waals surface area contributed by atoms with Gasteiger partial charge in [-0.3, -0.25) is 0 Å². The van der Waals surface area contributed by atoms with Crippen LogP contribution in [0.5, 0.6) is 28.7 Å². The Morgan fingerprint density at radius 3 is 2.17 bits per heavy atom. The molecule has 2 aromatic carbocycles. The van der Waals surface area contributed by atoms with Gasteiger partial charge in [-0.05, 0) is 5.56 Å². The molecule has 0 aliphatic heterocycles. The second-order valence-corrected chi connectivity index (χ2v) is 4.76. The van der Waals surface area contributed by atoms with E-state index in [1.54, 1.807) is 30.3 Å². The van der Waals surface area contributed by atoms with Crippen molar-refractivity contribution in [1.29, 1.82) is 0 Å². The number of phenolic OH excluding ortho intramolecular Hbond substituents is 3. The van der Waals surface area contributed by atoms with Crippen LogP contribution in [0.25, 0.3) is 22.1 Å². The molecule has 7 heteroatoms. The molecule has 1 heterocycles. The van der Waals surface area contributed by atoms with E-state index < -0.39 is 40.0 Å². The Balaban J connectivity index is 2.51. The van der Waals surface area contributed by atoms with Gasteiger partial charge in [0.15, 0.2) is 11.3 Å². The molecule has 7 nitrogen and oxygen atoms in total. The van der Waals surface area contributed by atoms with E-state index in [0.717, 1.165) is 7.11 Å². The SMILES string of the molecule is COc1c(O)c(O)c2oc(=O)c(-c3ccccc3)c(O)c2c1O. The molecule has 0 fully saturated rings. The van der Waals surface area contributed by atoms with Crippen LogP contribution in [0.4, 0.5) is 0 Å². The summed E-state index contributed by atoms with van der Waals surface area (Å²) in [6.45, 7) is 0. The number of aromatic hydroxyl groups is 4. The van der Waals surface area contributed by atoms with Crippen LogP contribution in [0.3, 0.4) is 0 Å². The van der Waals surface area contributed by atoms with Gasteiger partial charge in [-0.25, -0.2) is 4.79 Å². The highest BCUT2D eigenvalue weighted by atomic mass is 16.5. The molecule has 0 saturated heterocycles. The molecule has 118 valence electrons. The van der Waals surface area contributed by atoms with Crippen molar-refractivity contribution in [3.05, 3.63) is 40.8 Å². The fraction of sp³-hybridized carbons (Fsp3) is 0.0625. The minimum absolute atomic E-state index is 0.180. The van der Waals surface area contributed by atoms with Crippen molar-refractivity contribution in [3.8, 4) is 39.9 Å². The fourth-order valence-electron chi connectivity index (χ4n) is 2.40. The first-order valence-corrected chi connectivity index (χ1v) is 6.53. The van der Waals surface area contributed by atoms with Gasteiger partial charge >= 0.3 is 5.63 Å². The molecule has 0 aliphatic carbocycles. The monoisotopic (exact) mass is 316 g/mol. The predicted octanol–water partition coefficient (Wildman–Crippen LogP) is 2.29. The number of rotatable bonds is 2. The molecule has 0 bridgehead atoms.